The van der Waals surface area contributed by atoms with Crippen molar-refractivity contribution in [2.45, 2.75) is 33.2 Å². The highest BCUT2D eigenvalue weighted by Crippen LogP contribution is 2.26. The summed E-state index contributed by atoms with van der Waals surface area (Å²) in [5.41, 5.74) is 6.92. The molecule has 0 radical (unpaired) electrons. The van der Waals surface area contributed by atoms with Crippen LogP contribution >= 0.6 is 0 Å². The molecule has 0 saturated carbocycles. The van der Waals surface area contributed by atoms with Crippen molar-refractivity contribution in [2.75, 3.05) is 18.0 Å². The molecule has 1 aliphatic heterocycles. The first-order valence-corrected chi connectivity index (χ1v) is 11.0. The Labute approximate surface area is 182 Å². The number of benzene rings is 2. The minimum Gasteiger partial charge on any atom is -0.358 e. The van der Waals surface area contributed by atoms with Crippen molar-refractivity contribution in [3.8, 4) is 0 Å². The minimum absolute atomic E-state index is 0.0610. The number of hydrogen-bond donors (Lipinski definition) is 2. The quantitative estimate of drug-likeness (QED) is 0.525. The fraction of sp³-hybridized carbons (Fsp3) is 0.360. The van der Waals surface area contributed by atoms with Crippen LogP contribution in [-0.4, -0.2) is 33.5 Å². The van der Waals surface area contributed by atoms with E-state index in [9.17, 15) is 4.79 Å². The van der Waals surface area contributed by atoms with Crippen LogP contribution in [0, 0.1) is 19.8 Å². The molecule has 6 heteroatoms. The Balaban J connectivity index is 1.20. The van der Waals surface area contributed by atoms with Gasteiger partial charge in [-0.2, -0.15) is 0 Å². The third-order valence-electron chi connectivity index (χ3n) is 6.75. The van der Waals surface area contributed by atoms with Gasteiger partial charge in [-0.25, -0.2) is 4.98 Å². The maximum absolute atomic E-state index is 12.8. The molecule has 4 aromatic rings. The summed E-state index contributed by atoms with van der Waals surface area (Å²) in [5, 5.41) is 4.39. The molecule has 2 N–H and O–H groups in total. The largest absolute Gasteiger partial charge is 0.358 e. The van der Waals surface area contributed by atoms with Crippen LogP contribution in [0.5, 0.6) is 0 Å². The van der Waals surface area contributed by atoms with E-state index in [1.165, 1.54) is 16.6 Å². The summed E-state index contributed by atoms with van der Waals surface area (Å²) in [7, 11) is 2.06. The van der Waals surface area contributed by atoms with E-state index in [0.29, 0.717) is 6.54 Å². The zero-order valence-corrected chi connectivity index (χ0v) is 18.4. The van der Waals surface area contributed by atoms with E-state index in [1.54, 1.807) is 0 Å². The van der Waals surface area contributed by atoms with Crippen LogP contribution in [0.2, 0.25) is 0 Å². The Morgan fingerprint density at radius 2 is 1.94 bits per heavy atom. The number of aryl methyl sites for hydroxylation is 3. The third kappa shape index (κ3) is 3.56. The van der Waals surface area contributed by atoms with E-state index in [4.69, 9.17) is 4.98 Å². The van der Waals surface area contributed by atoms with E-state index < -0.39 is 0 Å². The number of fused-ring (bicyclic) bond motifs is 2. The first-order valence-electron chi connectivity index (χ1n) is 11.0. The molecule has 3 heterocycles. The second-order valence-corrected chi connectivity index (χ2v) is 8.69. The summed E-state index contributed by atoms with van der Waals surface area (Å²) in [6, 6.07) is 14.6. The predicted molar refractivity (Wildman–Crippen MR) is 125 cm³/mol. The second kappa shape index (κ2) is 7.76. The molecule has 31 heavy (non-hydrogen) atoms. The van der Waals surface area contributed by atoms with E-state index in [-0.39, 0.29) is 11.8 Å². The van der Waals surface area contributed by atoms with Gasteiger partial charge in [0.25, 0.3) is 0 Å². The minimum atomic E-state index is 0.0610. The highest BCUT2D eigenvalue weighted by Gasteiger charge is 2.27. The fourth-order valence-corrected chi connectivity index (χ4v) is 4.71. The fourth-order valence-electron chi connectivity index (χ4n) is 4.71. The van der Waals surface area contributed by atoms with Crippen molar-refractivity contribution < 1.29 is 4.79 Å². The number of carbonyl (C=O) groups is 1. The normalized spacial score (nSPS) is 15.1. The van der Waals surface area contributed by atoms with Gasteiger partial charge in [0.05, 0.1) is 11.0 Å². The third-order valence-corrected chi connectivity index (χ3v) is 6.75. The summed E-state index contributed by atoms with van der Waals surface area (Å²) in [5.74, 6) is 1.21. The van der Waals surface area contributed by atoms with Crippen LogP contribution in [0.25, 0.3) is 21.9 Å². The van der Waals surface area contributed by atoms with Crippen LogP contribution in [0.15, 0.2) is 42.5 Å². The second-order valence-electron chi connectivity index (χ2n) is 8.69. The topological polar surface area (TPSA) is 66.0 Å². The van der Waals surface area contributed by atoms with E-state index in [0.717, 1.165) is 54.0 Å². The van der Waals surface area contributed by atoms with E-state index in [2.05, 4.69) is 64.9 Å². The summed E-state index contributed by atoms with van der Waals surface area (Å²) < 4.78 is 2.15. The van der Waals surface area contributed by atoms with Crippen LogP contribution in [0.4, 0.5) is 5.95 Å². The molecule has 0 atom stereocenters. The number of nitrogens with zero attached hydrogens (tertiary/aromatic N) is 3. The van der Waals surface area contributed by atoms with Crippen LogP contribution in [0.3, 0.4) is 0 Å². The maximum atomic E-state index is 12.8. The Kier molecular flexibility index (Phi) is 4.93. The zero-order chi connectivity index (χ0) is 21.5. The van der Waals surface area contributed by atoms with Gasteiger partial charge < -0.3 is 19.8 Å². The molecule has 0 bridgehead atoms. The van der Waals surface area contributed by atoms with Crippen LogP contribution in [0.1, 0.15) is 29.7 Å². The molecule has 0 unspecified atom stereocenters. The number of para-hydroxylation sites is 2. The van der Waals surface area contributed by atoms with Gasteiger partial charge in [-0.1, -0.05) is 18.2 Å². The number of carbonyl (C=O) groups excluding carboxylic acids is 1. The Morgan fingerprint density at radius 3 is 2.71 bits per heavy atom. The van der Waals surface area contributed by atoms with Gasteiger partial charge >= 0.3 is 0 Å². The van der Waals surface area contributed by atoms with Crippen molar-refractivity contribution in [1.29, 1.82) is 0 Å². The van der Waals surface area contributed by atoms with Gasteiger partial charge in [-0.05, 0) is 62.1 Å². The van der Waals surface area contributed by atoms with Crippen molar-refractivity contribution in [1.82, 2.24) is 19.9 Å². The molecule has 1 saturated heterocycles. The summed E-state index contributed by atoms with van der Waals surface area (Å²) in [6.07, 6.45) is 1.70. The number of aromatic amines is 1. The number of hydrogen-bond acceptors (Lipinski definition) is 3. The molecule has 160 valence electrons. The first kappa shape index (κ1) is 19.7. The van der Waals surface area contributed by atoms with Gasteiger partial charge in [-0.3, -0.25) is 4.79 Å². The lowest BCUT2D eigenvalue weighted by Crippen LogP contribution is -2.41. The Morgan fingerprint density at radius 1 is 1.16 bits per heavy atom. The number of imidazole rings is 1. The van der Waals surface area contributed by atoms with E-state index >= 15 is 0 Å². The molecule has 6 nitrogen and oxygen atoms in total. The molecular weight excluding hydrogens is 386 g/mol. The maximum Gasteiger partial charge on any atom is 0.223 e. The highest BCUT2D eigenvalue weighted by molar-refractivity contribution is 5.85. The van der Waals surface area contributed by atoms with Crippen molar-refractivity contribution in [3.05, 3.63) is 59.3 Å². The predicted octanol–water partition coefficient (Wildman–Crippen LogP) is 4.20. The molecule has 0 spiro atoms. The summed E-state index contributed by atoms with van der Waals surface area (Å²) in [4.78, 5) is 23.3. The standard InChI is InChI=1S/C25H29N5O/c1-16-17(2)27-21-9-8-18(14-20(16)21)15-26-24(31)19-10-12-30(13-11-19)25-28-22-6-4-5-7-23(22)29(25)3/h4-9,14,19,27H,10-13,15H2,1-3H3,(H,26,31). The number of amides is 1. The monoisotopic (exact) mass is 415 g/mol. The molecular formula is C25H29N5O. The molecule has 1 fully saturated rings. The lowest BCUT2D eigenvalue weighted by molar-refractivity contribution is -0.125. The lowest BCUT2D eigenvalue weighted by Gasteiger charge is -2.32. The number of anilines is 1. The lowest BCUT2D eigenvalue weighted by atomic mass is 9.96. The molecule has 1 aliphatic rings. The highest BCUT2D eigenvalue weighted by atomic mass is 16.1. The number of rotatable bonds is 4. The number of H-pyrrole nitrogens is 1. The molecule has 2 aromatic heterocycles. The van der Waals surface area contributed by atoms with Crippen molar-refractivity contribution in [2.24, 2.45) is 13.0 Å². The average molecular weight is 416 g/mol. The van der Waals surface area contributed by atoms with E-state index in [1.807, 2.05) is 18.2 Å². The van der Waals surface area contributed by atoms with Crippen LogP contribution in [-0.2, 0) is 18.4 Å². The molecule has 1 amide bonds. The Hall–Kier alpha value is -3.28. The summed E-state index contributed by atoms with van der Waals surface area (Å²) in [6.45, 7) is 6.50. The van der Waals surface area contributed by atoms with Gasteiger partial charge in [-0.15, -0.1) is 0 Å². The molecule has 2 aromatic carbocycles. The molecule has 0 aliphatic carbocycles. The van der Waals surface area contributed by atoms with Crippen LogP contribution < -0.4 is 10.2 Å². The van der Waals surface area contributed by atoms with Gasteiger partial charge in [0.15, 0.2) is 0 Å². The van der Waals surface area contributed by atoms with Crippen molar-refractivity contribution in [3.63, 3.8) is 0 Å². The first-order chi connectivity index (χ1) is 15.0. The number of piperidine rings is 1. The number of aromatic nitrogens is 3. The number of nitrogens with one attached hydrogen (secondary N) is 2. The Bertz CT molecular complexity index is 1260. The summed E-state index contributed by atoms with van der Waals surface area (Å²) >= 11 is 0. The zero-order valence-electron chi connectivity index (χ0n) is 18.4. The van der Waals surface area contributed by atoms with Crippen molar-refractivity contribution >= 4 is 33.8 Å². The molecule has 5 rings (SSSR count). The van der Waals surface area contributed by atoms with Gasteiger partial charge in [0.2, 0.25) is 11.9 Å². The van der Waals surface area contributed by atoms with Gasteiger partial charge in [0.1, 0.15) is 0 Å². The average Bonchev–Trinajstić information content (AvgIpc) is 3.28. The SMILES string of the molecule is Cc1[nH]c2ccc(CNC(=O)C3CCN(c4nc5ccccc5n4C)CC3)cc2c1C. The smallest absolute Gasteiger partial charge is 0.223 e. The van der Waals surface area contributed by atoms with Gasteiger partial charge in [0, 0.05) is 49.2 Å².